The summed E-state index contributed by atoms with van der Waals surface area (Å²) in [5.74, 6) is 0.0768. The maximum atomic E-state index is 11.5. The molecule has 0 spiro atoms. The zero-order valence-corrected chi connectivity index (χ0v) is 9.77. The van der Waals surface area contributed by atoms with E-state index in [-0.39, 0.29) is 11.7 Å². The van der Waals surface area contributed by atoms with E-state index in [0.717, 1.165) is 16.5 Å². The van der Waals surface area contributed by atoms with E-state index < -0.39 is 0 Å². The summed E-state index contributed by atoms with van der Waals surface area (Å²) in [7, 11) is 1.68. The lowest BCUT2D eigenvalue weighted by molar-refractivity contribution is -0.117. The van der Waals surface area contributed by atoms with Gasteiger partial charge in [0, 0.05) is 19.4 Å². The van der Waals surface area contributed by atoms with Crippen LogP contribution in [0.25, 0.3) is 10.8 Å². The second kappa shape index (κ2) is 4.43. The van der Waals surface area contributed by atoms with Gasteiger partial charge in [0.15, 0.2) is 0 Å². The van der Waals surface area contributed by atoms with Crippen molar-refractivity contribution >= 4 is 22.4 Å². The van der Waals surface area contributed by atoms with E-state index in [9.17, 15) is 9.90 Å². The van der Waals surface area contributed by atoms with E-state index >= 15 is 0 Å². The summed E-state index contributed by atoms with van der Waals surface area (Å²) in [5.41, 5.74) is 3.56. The van der Waals surface area contributed by atoms with Crippen molar-refractivity contribution in [2.24, 2.45) is 0 Å². The molecule has 0 fully saturated rings. The third-order valence-corrected chi connectivity index (χ3v) is 2.62. The highest BCUT2D eigenvalue weighted by molar-refractivity contribution is 6.02. The molecule has 0 aliphatic rings. The van der Waals surface area contributed by atoms with Gasteiger partial charge in [-0.15, -0.1) is 0 Å². The van der Waals surface area contributed by atoms with E-state index in [1.54, 1.807) is 19.2 Å². The summed E-state index contributed by atoms with van der Waals surface area (Å²) in [6.07, 6.45) is 0. The van der Waals surface area contributed by atoms with Crippen molar-refractivity contribution in [2.45, 2.75) is 6.92 Å². The number of fused-ring (bicyclic) bond motifs is 1. The van der Waals surface area contributed by atoms with Crippen molar-refractivity contribution in [3.8, 4) is 5.75 Å². The monoisotopic (exact) mass is 230 g/mol. The first-order valence-electron chi connectivity index (χ1n) is 5.33. The minimum atomic E-state index is -0.108. The van der Waals surface area contributed by atoms with Gasteiger partial charge in [-0.2, -0.15) is 0 Å². The van der Waals surface area contributed by atoms with Crippen LogP contribution in [0, 0.1) is 0 Å². The second-order valence-electron chi connectivity index (χ2n) is 3.76. The molecule has 0 atom stereocenters. The van der Waals surface area contributed by atoms with Crippen LogP contribution in [-0.2, 0) is 4.79 Å². The molecule has 0 unspecified atom stereocenters. The number of hydrogen-bond acceptors (Lipinski definition) is 3. The van der Waals surface area contributed by atoms with E-state index in [0.29, 0.717) is 0 Å². The molecular formula is C13H14N2O2. The molecule has 0 bridgehead atoms. The molecule has 0 saturated heterocycles. The molecule has 4 nitrogen and oxygen atoms in total. The average molecular weight is 230 g/mol. The van der Waals surface area contributed by atoms with Gasteiger partial charge in [-0.25, -0.2) is 10.4 Å². The lowest BCUT2D eigenvalue weighted by Crippen LogP contribution is -2.39. The zero-order chi connectivity index (χ0) is 12.4. The lowest BCUT2D eigenvalue weighted by atomic mass is 10.1. The first-order valence-corrected chi connectivity index (χ1v) is 5.33. The Hall–Kier alpha value is -2.07. The van der Waals surface area contributed by atoms with Crippen molar-refractivity contribution in [1.29, 1.82) is 0 Å². The van der Waals surface area contributed by atoms with Gasteiger partial charge in [-0.1, -0.05) is 18.2 Å². The summed E-state index contributed by atoms with van der Waals surface area (Å²) in [6, 6.07) is 10.7. The molecule has 4 heteroatoms. The number of carbonyl (C=O) groups excluding carboxylic acids is 1. The van der Waals surface area contributed by atoms with Crippen LogP contribution in [0.3, 0.4) is 0 Å². The van der Waals surface area contributed by atoms with Crippen LogP contribution in [0.5, 0.6) is 5.75 Å². The Labute approximate surface area is 99.4 Å². The Morgan fingerprint density at radius 3 is 2.71 bits per heavy atom. The number of anilines is 1. The van der Waals surface area contributed by atoms with Gasteiger partial charge in [-0.05, 0) is 23.6 Å². The number of nitrogens with one attached hydrogen (secondary N) is 1. The predicted molar refractivity (Wildman–Crippen MR) is 67.8 cm³/mol. The Morgan fingerprint density at radius 2 is 2.06 bits per heavy atom. The highest BCUT2D eigenvalue weighted by Gasteiger charge is 2.12. The van der Waals surface area contributed by atoms with Crippen LogP contribution >= 0.6 is 0 Å². The van der Waals surface area contributed by atoms with Crippen molar-refractivity contribution < 1.29 is 9.90 Å². The van der Waals surface area contributed by atoms with Crippen molar-refractivity contribution in [2.75, 3.05) is 12.1 Å². The van der Waals surface area contributed by atoms with Gasteiger partial charge in [-0.3, -0.25) is 4.79 Å². The number of phenols is 1. The van der Waals surface area contributed by atoms with Crippen molar-refractivity contribution in [3.05, 3.63) is 36.4 Å². The molecule has 2 aromatic carbocycles. The van der Waals surface area contributed by atoms with Gasteiger partial charge < -0.3 is 5.11 Å². The largest absolute Gasteiger partial charge is 0.508 e. The number of aromatic hydroxyl groups is 1. The highest BCUT2D eigenvalue weighted by atomic mass is 16.3. The molecule has 2 rings (SSSR count). The molecule has 1 amide bonds. The molecule has 2 N–H and O–H groups in total. The molecule has 0 aliphatic carbocycles. The summed E-state index contributed by atoms with van der Waals surface area (Å²) >= 11 is 0. The lowest BCUT2D eigenvalue weighted by Gasteiger charge is -2.21. The number of hydrazine groups is 1. The Kier molecular flexibility index (Phi) is 2.97. The molecule has 88 valence electrons. The Morgan fingerprint density at radius 1 is 1.29 bits per heavy atom. The first kappa shape index (κ1) is 11.4. The summed E-state index contributed by atoms with van der Waals surface area (Å²) in [4.78, 5) is 11.5. The summed E-state index contributed by atoms with van der Waals surface area (Å²) < 4.78 is 0. The number of hydrogen-bond donors (Lipinski definition) is 2. The van der Waals surface area contributed by atoms with Crippen molar-refractivity contribution in [3.63, 3.8) is 0 Å². The van der Waals surface area contributed by atoms with E-state index in [2.05, 4.69) is 5.43 Å². The van der Waals surface area contributed by atoms with E-state index in [4.69, 9.17) is 0 Å². The van der Waals surface area contributed by atoms with Crippen LogP contribution in [0.15, 0.2) is 36.4 Å². The maximum Gasteiger partial charge on any atom is 0.238 e. The molecule has 0 aliphatic heterocycles. The minimum absolute atomic E-state index is 0.108. The SMILES string of the molecule is CNN(C(C)=O)c1cccc2ccc(O)cc12. The zero-order valence-electron chi connectivity index (χ0n) is 9.77. The first-order chi connectivity index (χ1) is 8.13. The van der Waals surface area contributed by atoms with Gasteiger partial charge in [0.1, 0.15) is 5.75 Å². The summed E-state index contributed by atoms with van der Waals surface area (Å²) in [5, 5.41) is 12.8. The molecule has 0 radical (unpaired) electrons. The quantitative estimate of drug-likeness (QED) is 0.776. The topological polar surface area (TPSA) is 52.6 Å². The highest BCUT2D eigenvalue weighted by Crippen LogP contribution is 2.28. The Balaban J connectivity index is 2.67. The normalized spacial score (nSPS) is 10.5. The number of benzene rings is 2. The predicted octanol–water partition coefficient (Wildman–Crippen LogP) is 2.03. The number of nitrogens with zero attached hydrogens (tertiary/aromatic N) is 1. The van der Waals surface area contributed by atoms with Crippen LogP contribution in [0.2, 0.25) is 0 Å². The fourth-order valence-corrected chi connectivity index (χ4v) is 1.89. The smallest absolute Gasteiger partial charge is 0.238 e. The van der Waals surface area contributed by atoms with Gasteiger partial charge >= 0.3 is 0 Å². The van der Waals surface area contributed by atoms with E-state index in [1.807, 2.05) is 24.3 Å². The molecule has 17 heavy (non-hydrogen) atoms. The van der Waals surface area contributed by atoms with Crippen LogP contribution < -0.4 is 10.4 Å². The van der Waals surface area contributed by atoms with Gasteiger partial charge in [0.2, 0.25) is 5.91 Å². The second-order valence-corrected chi connectivity index (χ2v) is 3.76. The number of phenolic OH excluding ortho intramolecular Hbond substituents is 1. The summed E-state index contributed by atoms with van der Waals surface area (Å²) in [6.45, 7) is 1.48. The van der Waals surface area contributed by atoms with E-state index in [1.165, 1.54) is 11.9 Å². The van der Waals surface area contributed by atoms with Gasteiger partial charge in [0.05, 0.1) is 5.69 Å². The van der Waals surface area contributed by atoms with Crippen molar-refractivity contribution in [1.82, 2.24) is 5.43 Å². The molecule has 0 saturated carbocycles. The molecule has 0 aromatic heterocycles. The molecule has 0 heterocycles. The maximum absolute atomic E-state index is 11.5. The number of rotatable bonds is 2. The third kappa shape index (κ3) is 2.07. The van der Waals surface area contributed by atoms with Crippen LogP contribution in [0.1, 0.15) is 6.92 Å². The van der Waals surface area contributed by atoms with Crippen LogP contribution in [0.4, 0.5) is 5.69 Å². The van der Waals surface area contributed by atoms with Crippen LogP contribution in [-0.4, -0.2) is 18.1 Å². The fraction of sp³-hybridized carbons (Fsp3) is 0.154. The Bertz CT molecular complexity index is 566. The minimum Gasteiger partial charge on any atom is -0.508 e. The molecular weight excluding hydrogens is 216 g/mol. The molecule has 2 aromatic rings. The number of amides is 1. The standard InChI is InChI=1S/C13H14N2O2/c1-9(16)15(14-2)13-5-3-4-10-6-7-11(17)8-12(10)13/h3-8,14,17H,1-2H3. The average Bonchev–Trinajstić information content (AvgIpc) is 2.30. The van der Waals surface area contributed by atoms with Gasteiger partial charge in [0.25, 0.3) is 0 Å². The third-order valence-electron chi connectivity index (χ3n) is 2.62. The fourth-order valence-electron chi connectivity index (χ4n) is 1.89. The number of carbonyl (C=O) groups is 1.